The Kier molecular flexibility index (Phi) is 3.07. The van der Waals surface area contributed by atoms with Crippen molar-refractivity contribution < 1.29 is 4.74 Å². The summed E-state index contributed by atoms with van der Waals surface area (Å²) >= 11 is 2.46. The molecule has 1 aromatic carbocycles. The molecule has 2 unspecified atom stereocenters. The van der Waals surface area contributed by atoms with Gasteiger partial charge in [0.15, 0.2) is 0 Å². The molecule has 1 aromatic rings. The third kappa shape index (κ3) is 1.84. The molecule has 1 saturated carbocycles. The van der Waals surface area contributed by atoms with Crippen LogP contribution in [0.25, 0.3) is 0 Å². The van der Waals surface area contributed by atoms with Crippen molar-refractivity contribution >= 4 is 28.6 Å². The molecular formula is C13H16INO. The molecule has 0 amide bonds. The summed E-state index contributed by atoms with van der Waals surface area (Å²) in [6, 6.07) is 9.17. The lowest BCUT2D eigenvalue weighted by Crippen LogP contribution is -2.40. The molecule has 0 saturated heterocycles. The largest absolute Gasteiger partial charge is 0.371 e. The van der Waals surface area contributed by atoms with E-state index < -0.39 is 0 Å². The molecule has 2 atom stereocenters. The Morgan fingerprint density at radius 2 is 2.00 bits per heavy atom. The number of hydrogen-bond acceptors (Lipinski definition) is 2. The van der Waals surface area contributed by atoms with Crippen LogP contribution in [0.5, 0.6) is 0 Å². The summed E-state index contributed by atoms with van der Waals surface area (Å²) in [7, 11) is 0. The number of benzene rings is 1. The maximum atomic E-state index is 6.06. The number of para-hydroxylation sites is 1. The lowest BCUT2D eigenvalue weighted by molar-refractivity contribution is 0.0113. The van der Waals surface area contributed by atoms with Gasteiger partial charge in [-0.2, -0.15) is 0 Å². The molecule has 1 heterocycles. The van der Waals surface area contributed by atoms with E-state index in [2.05, 4.69) is 50.2 Å². The minimum atomic E-state index is 0.429. The normalized spacial score (nSPS) is 29.2. The van der Waals surface area contributed by atoms with Crippen LogP contribution in [0.15, 0.2) is 24.3 Å². The van der Waals surface area contributed by atoms with E-state index in [-0.39, 0.29) is 0 Å². The Hall–Kier alpha value is -0.290. The SMILES string of the molecule is IN1c2ccccc2COC2CCCCC21. The lowest BCUT2D eigenvalue weighted by atomic mass is 9.92. The van der Waals surface area contributed by atoms with Crippen molar-refractivity contribution in [2.45, 2.75) is 44.4 Å². The smallest absolute Gasteiger partial charge is 0.0791 e. The lowest BCUT2D eigenvalue weighted by Gasteiger charge is -2.35. The number of ether oxygens (including phenoxy) is 1. The van der Waals surface area contributed by atoms with E-state index in [0.717, 1.165) is 6.61 Å². The van der Waals surface area contributed by atoms with E-state index in [0.29, 0.717) is 12.1 Å². The molecule has 1 aliphatic carbocycles. The molecule has 1 fully saturated rings. The monoisotopic (exact) mass is 329 g/mol. The summed E-state index contributed by atoms with van der Waals surface area (Å²) in [5.41, 5.74) is 2.67. The Balaban J connectivity index is 1.96. The van der Waals surface area contributed by atoms with Crippen molar-refractivity contribution in [3.8, 4) is 0 Å². The Morgan fingerprint density at radius 1 is 1.19 bits per heavy atom. The first-order valence-corrected chi connectivity index (χ1v) is 6.97. The van der Waals surface area contributed by atoms with Gasteiger partial charge in [0, 0.05) is 5.56 Å². The van der Waals surface area contributed by atoms with Crippen LogP contribution in [0.1, 0.15) is 31.2 Å². The van der Waals surface area contributed by atoms with Gasteiger partial charge < -0.3 is 7.85 Å². The van der Waals surface area contributed by atoms with Gasteiger partial charge >= 0.3 is 0 Å². The standard InChI is InChI=1S/C13H16INO/c14-15-11-6-2-1-5-10(11)9-16-13-8-4-3-7-12(13)15/h1-2,5-6,12-13H,3-4,7-9H2. The highest BCUT2D eigenvalue weighted by molar-refractivity contribution is 14.1. The van der Waals surface area contributed by atoms with Crippen molar-refractivity contribution in [1.29, 1.82) is 0 Å². The first-order chi connectivity index (χ1) is 7.86. The highest BCUT2D eigenvalue weighted by Gasteiger charge is 2.33. The van der Waals surface area contributed by atoms with Crippen molar-refractivity contribution in [2.24, 2.45) is 0 Å². The van der Waals surface area contributed by atoms with Gasteiger partial charge in [0.2, 0.25) is 0 Å². The van der Waals surface area contributed by atoms with Crippen LogP contribution in [0, 0.1) is 0 Å². The quantitative estimate of drug-likeness (QED) is 0.532. The molecular weight excluding hydrogens is 313 g/mol. The molecule has 0 radical (unpaired) electrons. The van der Waals surface area contributed by atoms with Crippen LogP contribution in [-0.2, 0) is 11.3 Å². The number of hydrogen-bond donors (Lipinski definition) is 0. The zero-order valence-electron chi connectivity index (χ0n) is 9.23. The fourth-order valence-electron chi connectivity index (χ4n) is 2.75. The molecule has 0 spiro atoms. The topological polar surface area (TPSA) is 12.5 Å². The number of rotatable bonds is 0. The summed E-state index contributed by atoms with van der Waals surface area (Å²) in [5.74, 6) is 0. The van der Waals surface area contributed by atoms with Crippen LogP contribution in [0.2, 0.25) is 0 Å². The average Bonchev–Trinajstić information content (AvgIpc) is 2.49. The maximum Gasteiger partial charge on any atom is 0.0791 e. The van der Waals surface area contributed by atoms with Gasteiger partial charge in [-0.3, -0.25) is 0 Å². The molecule has 1 aliphatic heterocycles. The Bertz CT molecular complexity index is 382. The summed E-state index contributed by atoms with van der Waals surface area (Å²) in [6.45, 7) is 0.775. The van der Waals surface area contributed by atoms with Crippen molar-refractivity contribution in [3.05, 3.63) is 29.8 Å². The second-order valence-corrected chi connectivity index (χ2v) is 5.68. The molecule has 2 nitrogen and oxygen atoms in total. The molecule has 16 heavy (non-hydrogen) atoms. The number of halogens is 1. The van der Waals surface area contributed by atoms with E-state index >= 15 is 0 Å². The summed E-state index contributed by atoms with van der Waals surface area (Å²) < 4.78 is 8.46. The van der Waals surface area contributed by atoms with Crippen LogP contribution in [0.3, 0.4) is 0 Å². The van der Waals surface area contributed by atoms with Gasteiger partial charge in [0.25, 0.3) is 0 Å². The number of fused-ring (bicyclic) bond motifs is 2. The van der Waals surface area contributed by atoms with Gasteiger partial charge in [0.1, 0.15) is 0 Å². The van der Waals surface area contributed by atoms with E-state index in [1.54, 1.807) is 0 Å². The average molecular weight is 329 g/mol. The van der Waals surface area contributed by atoms with Crippen molar-refractivity contribution in [1.82, 2.24) is 0 Å². The van der Waals surface area contributed by atoms with Gasteiger partial charge in [-0.1, -0.05) is 31.0 Å². The second-order valence-electron chi connectivity index (χ2n) is 4.64. The minimum absolute atomic E-state index is 0.429. The summed E-state index contributed by atoms with van der Waals surface area (Å²) in [6.07, 6.45) is 5.58. The second kappa shape index (κ2) is 4.53. The molecule has 0 bridgehead atoms. The summed E-state index contributed by atoms with van der Waals surface area (Å²) in [4.78, 5) is 0. The zero-order chi connectivity index (χ0) is 11.0. The van der Waals surface area contributed by atoms with Crippen LogP contribution in [0.4, 0.5) is 5.69 Å². The maximum absolute atomic E-state index is 6.06. The Labute approximate surface area is 110 Å². The third-order valence-corrected chi connectivity index (χ3v) is 4.87. The molecule has 0 aromatic heterocycles. The molecule has 0 N–H and O–H groups in total. The van der Waals surface area contributed by atoms with E-state index in [1.807, 2.05) is 0 Å². The Morgan fingerprint density at radius 3 is 2.94 bits per heavy atom. The van der Waals surface area contributed by atoms with Gasteiger partial charge in [-0.15, -0.1) is 0 Å². The first-order valence-electron chi connectivity index (χ1n) is 6.01. The van der Waals surface area contributed by atoms with Gasteiger partial charge in [-0.05, 0) is 18.9 Å². The van der Waals surface area contributed by atoms with Gasteiger partial charge in [0.05, 0.1) is 47.3 Å². The summed E-state index contributed by atoms with van der Waals surface area (Å²) in [5, 5.41) is 0. The zero-order valence-corrected chi connectivity index (χ0v) is 11.4. The van der Waals surface area contributed by atoms with E-state index in [9.17, 15) is 0 Å². The van der Waals surface area contributed by atoms with Crippen LogP contribution >= 0.6 is 22.9 Å². The molecule has 86 valence electrons. The van der Waals surface area contributed by atoms with Gasteiger partial charge in [-0.25, -0.2) is 0 Å². The van der Waals surface area contributed by atoms with Crippen LogP contribution in [-0.4, -0.2) is 12.1 Å². The highest BCUT2D eigenvalue weighted by Crippen LogP contribution is 2.37. The van der Waals surface area contributed by atoms with Crippen molar-refractivity contribution in [3.63, 3.8) is 0 Å². The molecule has 3 rings (SSSR count). The first kappa shape index (κ1) is 10.8. The fourth-order valence-corrected chi connectivity index (χ4v) is 3.86. The number of nitrogens with zero attached hydrogens (tertiary/aromatic N) is 1. The molecule has 2 aliphatic rings. The number of anilines is 1. The predicted molar refractivity (Wildman–Crippen MR) is 73.8 cm³/mol. The van der Waals surface area contributed by atoms with Crippen LogP contribution < -0.4 is 3.11 Å². The highest BCUT2D eigenvalue weighted by atomic mass is 127. The van der Waals surface area contributed by atoms with E-state index in [1.165, 1.54) is 36.9 Å². The molecule has 3 heteroatoms. The van der Waals surface area contributed by atoms with E-state index in [4.69, 9.17) is 4.74 Å². The third-order valence-electron chi connectivity index (χ3n) is 3.63. The van der Waals surface area contributed by atoms with Crippen molar-refractivity contribution in [2.75, 3.05) is 3.11 Å². The predicted octanol–water partition coefficient (Wildman–Crippen LogP) is 3.68. The fraction of sp³-hybridized carbons (Fsp3) is 0.538. The minimum Gasteiger partial charge on any atom is -0.371 e.